The van der Waals surface area contributed by atoms with E-state index >= 15 is 0 Å². The number of halogens is 1. The Morgan fingerprint density at radius 3 is 3.00 bits per heavy atom. The molecular formula is C16H17FN6O2. The second kappa shape index (κ2) is 5.92. The Bertz CT molecular complexity index is 936. The molecule has 0 saturated carbocycles. The van der Waals surface area contributed by atoms with Crippen LogP contribution < -0.4 is 0 Å². The molecule has 8 nitrogen and oxygen atoms in total. The third-order valence-electron chi connectivity index (χ3n) is 4.49. The number of hydrogen-bond donors (Lipinski definition) is 2. The average Bonchev–Trinajstić information content (AvgIpc) is 3.31. The second-order valence-corrected chi connectivity index (χ2v) is 6.10. The van der Waals surface area contributed by atoms with E-state index in [1.54, 1.807) is 18.9 Å². The number of fused-ring (bicyclic) bond motifs is 1. The Morgan fingerprint density at radius 1 is 1.44 bits per heavy atom. The first-order valence-electron chi connectivity index (χ1n) is 7.92. The molecule has 3 aromatic rings. The number of amides is 1. The van der Waals surface area contributed by atoms with Crippen LogP contribution in [-0.2, 0) is 4.74 Å². The summed E-state index contributed by atoms with van der Waals surface area (Å²) in [7, 11) is 1.60. The number of ether oxygens (including phenoxy) is 1. The Morgan fingerprint density at radius 2 is 2.28 bits per heavy atom. The Hall–Kier alpha value is -2.81. The van der Waals surface area contributed by atoms with Crippen LogP contribution in [0.3, 0.4) is 0 Å². The number of aryl methyl sites for hydroxylation is 1. The van der Waals surface area contributed by atoms with E-state index < -0.39 is 5.82 Å². The maximum atomic E-state index is 13.9. The molecule has 0 aliphatic carbocycles. The van der Waals surface area contributed by atoms with Crippen molar-refractivity contribution in [3.8, 4) is 0 Å². The number of methoxy groups -OCH3 is 1. The van der Waals surface area contributed by atoms with Gasteiger partial charge in [0.2, 0.25) is 0 Å². The van der Waals surface area contributed by atoms with E-state index in [1.807, 2.05) is 0 Å². The highest BCUT2D eigenvalue weighted by Crippen LogP contribution is 2.33. The van der Waals surface area contributed by atoms with E-state index in [2.05, 4.69) is 25.1 Å². The number of carbonyl (C=O) groups excluding carboxylic acids is 1. The average molecular weight is 344 g/mol. The van der Waals surface area contributed by atoms with Gasteiger partial charge in [-0.05, 0) is 19.1 Å². The zero-order valence-corrected chi connectivity index (χ0v) is 13.8. The largest absolute Gasteiger partial charge is 0.380 e. The van der Waals surface area contributed by atoms with Crippen LogP contribution in [0, 0.1) is 12.7 Å². The topological polar surface area (TPSA) is 99.8 Å². The van der Waals surface area contributed by atoms with E-state index in [4.69, 9.17) is 4.74 Å². The lowest BCUT2D eigenvalue weighted by atomic mass is 10.1. The number of nitrogens with zero attached hydrogens (tertiary/aromatic N) is 4. The summed E-state index contributed by atoms with van der Waals surface area (Å²) in [5.74, 6) is 0.389. The summed E-state index contributed by atoms with van der Waals surface area (Å²) >= 11 is 0. The maximum Gasteiger partial charge on any atom is 0.256 e. The van der Waals surface area contributed by atoms with Gasteiger partial charge in [-0.25, -0.2) is 14.4 Å². The molecular weight excluding hydrogens is 327 g/mol. The Kier molecular flexibility index (Phi) is 3.72. The number of aromatic nitrogens is 5. The Labute approximate surface area is 142 Å². The lowest BCUT2D eigenvalue weighted by Crippen LogP contribution is -2.32. The van der Waals surface area contributed by atoms with E-state index in [9.17, 15) is 9.18 Å². The van der Waals surface area contributed by atoms with Crippen LogP contribution in [0.2, 0.25) is 0 Å². The lowest BCUT2D eigenvalue weighted by Gasteiger charge is -2.22. The van der Waals surface area contributed by atoms with Gasteiger partial charge in [-0.1, -0.05) is 0 Å². The molecule has 1 saturated heterocycles. The minimum atomic E-state index is -0.493. The third-order valence-corrected chi connectivity index (χ3v) is 4.49. The molecule has 130 valence electrons. The van der Waals surface area contributed by atoms with Gasteiger partial charge in [-0.15, -0.1) is 0 Å². The van der Waals surface area contributed by atoms with Crippen LogP contribution >= 0.6 is 0 Å². The van der Waals surface area contributed by atoms with Crippen LogP contribution in [0.25, 0.3) is 11.0 Å². The molecule has 3 heterocycles. The molecule has 25 heavy (non-hydrogen) atoms. The molecule has 0 unspecified atom stereocenters. The molecule has 1 amide bonds. The first-order chi connectivity index (χ1) is 12.1. The minimum absolute atomic E-state index is 0.129. The molecule has 9 heteroatoms. The van der Waals surface area contributed by atoms with Crippen LogP contribution in [0.5, 0.6) is 0 Å². The monoisotopic (exact) mass is 344 g/mol. The van der Waals surface area contributed by atoms with Crippen molar-refractivity contribution in [1.29, 1.82) is 0 Å². The van der Waals surface area contributed by atoms with Gasteiger partial charge in [-0.2, -0.15) is 5.10 Å². The summed E-state index contributed by atoms with van der Waals surface area (Å²) in [5.41, 5.74) is 1.14. The summed E-state index contributed by atoms with van der Waals surface area (Å²) in [5, 5.41) is 6.98. The lowest BCUT2D eigenvalue weighted by molar-refractivity contribution is 0.0685. The van der Waals surface area contributed by atoms with Gasteiger partial charge in [0.1, 0.15) is 17.2 Å². The molecule has 2 aromatic heterocycles. The van der Waals surface area contributed by atoms with Crippen molar-refractivity contribution >= 4 is 16.9 Å². The number of benzene rings is 1. The van der Waals surface area contributed by atoms with Gasteiger partial charge in [-0.3, -0.25) is 9.89 Å². The summed E-state index contributed by atoms with van der Waals surface area (Å²) < 4.78 is 19.3. The Balaban J connectivity index is 1.75. The molecule has 0 spiro atoms. The predicted octanol–water partition coefficient (Wildman–Crippen LogP) is 1.73. The van der Waals surface area contributed by atoms with Gasteiger partial charge in [0.05, 0.1) is 29.6 Å². The predicted molar refractivity (Wildman–Crippen MR) is 86.4 cm³/mol. The quantitative estimate of drug-likeness (QED) is 0.754. The molecule has 1 fully saturated rings. The second-order valence-electron chi connectivity index (χ2n) is 6.10. The van der Waals surface area contributed by atoms with Crippen LogP contribution in [0.4, 0.5) is 4.39 Å². The molecule has 1 aliphatic rings. The summed E-state index contributed by atoms with van der Waals surface area (Å²) in [4.78, 5) is 26.1. The zero-order chi connectivity index (χ0) is 17.6. The normalized spacial score (nSPS) is 20.5. The number of H-pyrrole nitrogens is 2. The highest BCUT2D eigenvalue weighted by molar-refractivity contribution is 6.05. The number of imidazole rings is 1. The summed E-state index contributed by atoms with van der Waals surface area (Å²) in [6.07, 6.45) is 1.90. The van der Waals surface area contributed by atoms with Crippen molar-refractivity contribution in [1.82, 2.24) is 30.0 Å². The van der Waals surface area contributed by atoms with Gasteiger partial charge < -0.3 is 14.6 Å². The minimum Gasteiger partial charge on any atom is -0.380 e. The van der Waals surface area contributed by atoms with Crippen molar-refractivity contribution in [2.75, 3.05) is 13.7 Å². The maximum absolute atomic E-state index is 13.9. The van der Waals surface area contributed by atoms with Crippen molar-refractivity contribution in [2.24, 2.45) is 0 Å². The van der Waals surface area contributed by atoms with E-state index in [0.717, 1.165) is 0 Å². The highest BCUT2D eigenvalue weighted by atomic mass is 19.1. The summed E-state index contributed by atoms with van der Waals surface area (Å²) in [6, 6.07) is 2.20. The molecule has 1 aromatic carbocycles. The number of hydrogen-bond acceptors (Lipinski definition) is 5. The zero-order valence-electron chi connectivity index (χ0n) is 13.8. The first kappa shape index (κ1) is 15.7. The molecule has 2 N–H and O–H groups in total. The standard InChI is InChI=1S/C16H17FN6O2/c1-8-20-15(22-21-8)13-5-10(25-2)6-23(13)16(24)11-3-9(17)4-12-14(11)19-7-18-12/h3-4,7,10,13H,5-6H2,1-2H3,(H,18,19)(H,20,21,22)/t10-,13+/m1/s1. The van der Waals surface area contributed by atoms with Gasteiger partial charge >= 0.3 is 0 Å². The van der Waals surface area contributed by atoms with Crippen molar-refractivity contribution in [3.05, 3.63) is 41.5 Å². The fourth-order valence-corrected chi connectivity index (χ4v) is 3.28. The molecule has 2 atom stereocenters. The summed E-state index contributed by atoms with van der Waals surface area (Å²) in [6.45, 7) is 2.18. The van der Waals surface area contributed by atoms with Crippen LogP contribution in [-0.4, -0.2) is 55.7 Å². The molecule has 4 rings (SSSR count). The molecule has 0 radical (unpaired) electrons. The van der Waals surface area contributed by atoms with Crippen LogP contribution in [0.1, 0.15) is 34.5 Å². The SMILES string of the molecule is CO[C@@H]1C[C@@H](c2n[nH]c(C)n2)N(C(=O)c2cc(F)cc3[nH]cnc23)C1. The van der Waals surface area contributed by atoms with E-state index in [1.165, 1.54) is 18.5 Å². The number of aromatic amines is 2. The van der Waals surface area contributed by atoms with Gasteiger partial charge in [0.15, 0.2) is 5.82 Å². The highest BCUT2D eigenvalue weighted by Gasteiger charge is 2.39. The third kappa shape index (κ3) is 2.66. The van der Waals surface area contributed by atoms with Crippen LogP contribution in [0.15, 0.2) is 18.5 Å². The first-order valence-corrected chi connectivity index (χ1v) is 7.92. The molecule has 0 bridgehead atoms. The smallest absolute Gasteiger partial charge is 0.256 e. The van der Waals surface area contributed by atoms with E-state index in [0.29, 0.717) is 35.6 Å². The number of rotatable bonds is 3. The fourth-order valence-electron chi connectivity index (χ4n) is 3.28. The van der Waals surface area contributed by atoms with Gasteiger partial charge in [0, 0.05) is 20.1 Å². The van der Waals surface area contributed by atoms with Crippen molar-refractivity contribution in [2.45, 2.75) is 25.5 Å². The van der Waals surface area contributed by atoms with E-state index in [-0.39, 0.29) is 23.6 Å². The van der Waals surface area contributed by atoms with Crippen molar-refractivity contribution in [3.63, 3.8) is 0 Å². The van der Waals surface area contributed by atoms with Gasteiger partial charge in [0.25, 0.3) is 5.91 Å². The van der Waals surface area contributed by atoms with Crippen molar-refractivity contribution < 1.29 is 13.9 Å². The fraction of sp³-hybridized carbons (Fsp3) is 0.375. The number of nitrogens with one attached hydrogen (secondary N) is 2. The molecule has 1 aliphatic heterocycles. The number of likely N-dealkylation sites (tertiary alicyclic amines) is 1. The number of carbonyl (C=O) groups is 1.